The first-order chi connectivity index (χ1) is 12.9. The number of nitrogens with one attached hydrogen (secondary N) is 1. The van der Waals surface area contributed by atoms with E-state index in [2.05, 4.69) is 20.3 Å². The van der Waals surface area contributed by atoms with Crippen LogP contribution in [0.5, 0.6) is 0 Å². The van der Waals surface area contributed by atoms with Gasteiger partial charge in [-0.3, -0.25) is 9.36 Å². The average molecular weight is 385 g/mol. The number of carbonyl (C=O) groups excluding carboxylic acids is 1. The number of imidazole rings is 1. The monoisotopic (exact) mass is 385 g/mol. The molecule has 1 aliphatic rings. The van der Waals surface area contributed by atoms with Gasteiger partial charge in [-0.2, -0.15) is 0 Å². The molecule has 0 aliphatic heterocycles. The van der Waals surface area contributed by atoms with Gasteiger partial charge in [-0.25, -0.2) is 15.0 Å². The Kier molecular flexibility index (Phi) is 4.69. The summed E-state index contributed by atoms with van der Waals surface area (Å²) in [7, 11) is 0. The molecule has 27 heavy (non-hydrogen) atoms. The number of aromatic nitrogens is 4. The summed E-state index contributed by atoms with van der Waals surface area (Å²) in [5.41, 5.74) is 0.502. The molecule has 7 nitrogen and oxygen atoms in total. The quantitative estimate of drug-likeness (QED) is 0.720. The molecule has 0 radical (unpaired) electrons. The van der Waals surface area contributed by atoms with E-state index in [1.54, 1.807) is 23.3 Å². The third-order valence-electron chi connectivity index (χ3n) is 5.30. The van der Waals surface area contributed by atoms with Gasteiger partial charge in [-0.15, -0.1) is 11.3 Å². The van der Waals surface area contributed by atoms with Gasteiger partial charge in [0.2, 0.25) is 5.95 Å². The minimum atomic E-state index is -0.662. The van der Waals surface area contributed by atoms with Crippen LogP contribution in [-0.4, -0.2) is 42.2 Å². The fraction of sp³-hybridized carbons (Fsp3) is 0.474. The lowest BCUT2D eigenvalue weighted by atomic mass is 9.77. The van der Waals surface area contributed by atoms with E-state index < -0.39 is 5.60 Å². The highest BCUT2D eigenvalue weighted by molar-refractivity contribution is 7.17. The highest BCUT2D eigenvalue weighted by Crippen LogP contribution is 2.32. The maximum Gasteiger partial charge on any atom is 0.271 e. The van der Waals surface area contributed by atoms with Crippen LogP contribution in [0.3, 0.4) is 0 Å². The summed E-state index contributed by atoms with van der Waals surface area (Å²) in [6, 6.07) is 2.01. The molecular weight excluding hydrogens is 362 g/mol. The summed E-state index contributed by atoms with van der Waals surface area (Å²) in [6.07, 6.45) is 8.59. The second-order valence-corrected chi connectivity index (χ2v) is 8.57. The highest BCUT2D eigenvalue weighted by atomic mass is 32.1. The molecule has 1 aliphatic carbocycles. The van der Waals surface area contributed by atoms with Crippen molar-refractivity contribution in [3.63, 3.8) is 0 Å². The first-order valence-electron chi connectivity index (χ1n) is 9.18. The van der Waals surface area contributed by atoms with Crippen molar-refractivity contribution in [2.24, 2.45) is 5.92 Å². The number of thiophene rings is 1. The zero-order valence-corrected chi connectivity index (χ0v) is 16.2. The van der Waals surface area contributed by atoms with E-state index in [-0.39, 0.29) is 17.9 Å². The van der Waals surface area contributed by atoms with Crippen LogP contribution in [0.4, 0.5) is 0 Å². The van der Waals surface area contributed by atoms with Crippen LogP contribution in [0.1, 0.15) is 50.0 Å². The molecule has 3 aromatic heterocycles. The average Bonchev–Trinajstić information content (AvgIpc) is 3.32. The van der Waals surface area contributed by atoms with Crippen LogP contribution in [-0.2, 0) is 0 Å². The zero-order valence-electron chi connectivity index (χ0n) is 15.4. The van der Waals surface area contributed by atoms with Gasteiger partial charge >= 0.3 is 0 Å². The number of carbonyl (C=O) groups is 1. The van der Waals surface area contributed by atoms with Gasteiger partial charge in [0.05, 0.1) is 15.8 Å². The van der Waals surface area contributed by atoms with Crippen LogP contribution < -0.4 is 5.32 Å². The molecule has 1 saturated carbocycles. The summed E-state index contributed by atoms with van der Waals surface area (Å²) in [4.78, 5) is 26.0. The molecule has 0 spiro atoms. The Balaban J connectivity index is 1.54. The number of nitrogens with zero attached hydrogens (tertiary/aromatic N) is 4. The van der Waals surface area contributed by atoms with E-state index in [4.69, 9.17) is 0 Å². The molecule has 0 saturated heterocycles. The maximum absolute atomic E-state index is 13.0. The molecule has 1 amide bonds. The van der Waals surface area contributed by atoms with Crippen LogP contribution in [0, 0.1) is 5.92 Å². The van der Waals surface area contributed by atoms with Crippen molar-refractivity contribution < 1.29 is 9.90 Å². The number of aliphatic hydroxyl groups is 1. The van der Waals surface area contributed by atoms with Crippen LogP contribution in [0.25, 0.3) is 16.2 Å². The third-order valence-corrected chi connectivity index (χ3v) is 6.21. The van der Waals surface area contributed by atoms with Crippen molar-refractivity contribution in [2.45, 2.75) is 51.2 Å². The van der Waals surface area contributed by atoms with Gasteiger partial charge in [0, 0.05) is 18.4 Å². The van der Waals surface area contributed by atoms with Gasteiger partial charge in [-0.05, 0) is 56.9 Å². The summed E-state index contributed by atoms with van der Waals surface area (Å²) in [6.45, 7) is 3.73. The number of amides is 1. The zero-order chi connectivity index (χ0) is 19.0. The largest absolute Gasteiger partial charge is 0.390 e. The predicted octanol–water partition coefficient (Wildman–Crippen LogP) is 2.94. The lowest BCUT2D eigenvalue weighted by molar-refractivity contribution is -0.00258. The Morgan fingerprint density at radius 2 is 2.07 bits per heavy atom. The first-order valence-corrected chi connectivity index (χ1v) is 10.1. The van der Waals surface area contributed by atoms with Gasteiger partial charge in [-0.1, -0.05) is 0 Å². The van der Waals surface area contributed by atoms with Gasteiger partial charge < -0.3 is 10.4 Å². The molecule has 2 N–H and O–H groups in total. The number of rotatable bonds is 4. The molecule has 0 aromatic carbocycles. The Morgan fingerprint density at radius 1 is 1.30 bits per heavy atom. The standard InChI is InChI=1S/C19H23N5O2S/c1-19(2,26)12-3-5-13(6-4-12)21-17(25)15-16-14(7-10-27-16)22-18(23-15)24-9-8-20-11-24/h7-13,26H,3-6H2,1-2H3,(H,21,25). The van der Waals surface area contributed by atoms with Crippen LogP contribution in [0.15, 0.2) is 30.2 Å². The van der Waals surface area contributed by atoms with Gasteiger partial charge in [0.1, 0.15) is 6.33 Å². The smallest absolute Gasteiger partial charge is 0.271 e. The Bertz CT molecular complexity index is 937. The van der Waals surface area contributed by atoms with Crippen molar-refractivity contribution >= 4 is 27.5 Å². The molecule has 0 bridgehead atoms. The summed E-state index contributed by atoms with van der Waals surface area (Å²) in [5.74, 6) is 0.550. The van der Waals surface area contributed by atoms with E-state index in [0.29, 0.717) is 11.6 Å². The molecule has 1 fully saturated rings. The highest BCUT2D eigenvalue weighted by Gasteiger charge is 2.32. The number of hydrogen-bond donors (Lipinski definition) is 2. The second-order valence-electron chi connectivity index (χ2n) is 7.65. The summed E-state index contributed by atoms with van der Waals surface area (Å²) in [5, 5.41) is 15.2. The predicted molar refractivity (Wildman–Crippen MR) is 104 cm³/mol. The van der Waals surface area contributed by atoms with Crippen molar-refractivity contribution in [3.05, 3.63) is 35.9 Å². The van der Waals surface area contributed by atoms with Gasteiger partial charge in [0.15, 0.2) is 5.69 Å². The number of fused-ring (bicyclic) bond motifs is 1. The third kappa shape index (κ3) is 3.72. The molecule has 3 aromatic rings. The molecule has 4 rings (SSSR count). The summed E-state index contributed by atoms with van der Waals surface area (Å²) >= 11 is 1.47. The van der Waals surface area contributed by atoms with E-state index in [1.807, 2.05) is 25.3 Å². The van der Waals surface area contributed by atoms with E-state index in [1.165, 1.54) is 11.3 Å². The minimum Gasteiger partial charge on any atom is -0.390 e. The molecule has 3 heterocycles. The van der Waals surface area contributed by atoms with Crippen molar-refractivity contribution in [3.8, 4) is 5.95 Å². The van der Waals surface area contributed by atoms with Crippen molar-refractivity contribution in [1.29, 1.82) is 0 Å². The van der Waals surface area contributed by atoms with Crippen LogP contribution in [0.2, 0.25) is 0 Å². The molecule has 142 valence electrons. The molecular formula is C19H23N5O2S. The Hall–Kier alpha value is -2.32. The maximum atomic E-state index is 13.0. The number of hydrogen-bond acceptors (Lipinski definition) is 6. The lowest BCUT2D eigenvalue weighted by Crippen LogP contribution is -2.42. The van der Waals surface area contributed by atoms with Crippen molar-refractivity contribution in [2.75, 3.05) is 0 Å². The SMILES string of the molecule is CC(C)(O)C1CCC(NC(=O)c2nc(-n3ccnc3)nc3ccsc23)CC1. The minimum absolute atomic E-state index is 0.109. The van der Waals surface area contributed by atoms with Gasteiger partial charge in [0.25, 0.3) is 5.91 Å². The second kappa shape index (κ2) is 7.01. The molecule has 0 atom stereocenters. The van der Waals surface area contributed by atoms with Crippen LogP contribution >= 0.6 is 11.3 Å². The van der Waals surface area contributed by atoms with E-state index >= 15 is 0 Å². The van der Waals surface area contributed by atoms with Crippen molar-refractivity contribution in [1.82, 2.24) is 24.8 Å². The Morgan fingerprint density at radius 3 is 2.74 bits per heavy atom. The van der Waals surface area contributed by atoms with E-state index in [9.17, 15) is 9.90 Å². The molecule has 8 heteroatoms. The topological polar surface area (TPSA) is 92.9 Å². The Labute approximate surface area is 161 Å². The lowest BCUT2D eigenvalue weighted by Gasteiger charge is -2.36. The normalized spacial score (nSPS) is 20.7. The fourth-order valence-corrected chi connectivity index (χ4v) is 4.51. The fourth-order valence-electron chi connectivity index (χ4n) is 3.70. The first kappa shape index (κ1) is 18.1. The van der Waals surface area contributed by atoms with E-state index in [0.717, 1.165) is 35.9 Å². The summed E-state index contributed by atoms with van der Waals surface area (Å²) < 4.78 is 2.49. The molecule has 0 unspecified atom stereocenters.